The fraction of sp³-hybridized carbons (Fsp3) is 0.0714. The molecule has 112 valence electrons. The van der Waals surface area contributed by atoms with Gasteiger partial charge in [-0.05, 0) is 17.7 Å². The van der Waals surface area contributed by atoms with E-state index in [1.807, 2.05) is 0 Å². The number of ether oxygens (including phenoxy) is 1. The van der Waals surface area contributed by atoms with Crippen LogP contribution in [0, 0.1) is 0 Å². The van der Waals surface area contributed by atoms with Crippen molar-refractivity contribution in [3.05, 3.63) is 48.8 Å². The molecule has 0 spiro atoms. The van der Waals surface area contributed by atoms with Crippen LogP contribution in [0.2, 0.25) is 0 Å². The molecule has 0 aliphatic heterocycles. The molecule has 3 aromatic rings. The second-order valence-electron chi connectivity index (χ2n) is 4.49. The van der Waals surface area contributed by atoms with E-state index in [2.05, 4.69) is 25.5 Å². The first-order valence-corrected chi connectivity index (χ1v) is 6.45. The predicted molar refractivity (Wildman–Crippen MR) is 78.6 cm³/mol. The smallest absolute Gasteiger partial charge is 0.409 e. The van der Waals surface area contributed by atoms with E-state index in [1.165, 1.54) is 0 Å². The highest BCUT2D eigenvalue weighted by Gasteiger charge is 2.10. The first-order chi connectivity index (χ1) is 10.7. The zero-order valence-corrected chi connectivity index (χ0v) is 11.4. The van der Waals surface area contributed by atoms with Gasteiger partial charge in [-0.1, -0.05) is 6.07 Å². The maximum absolute atomic E-state index is 10.9. The van der Waals surface area contributed by atoms with Crippen molar-refractivity contribution in [2.75, 3.05) is 5.32 Å². The van der Waals surface area contributed by atoms with Crippen molar-refractivity contribution in [3.63, 3.8) is 0 Å². The van der Waals surface area contributed by atoms with Gasteiger partial charge >= 0.3 is 6.09 Å². The molecule has 4 N–H and O–H groups in total. The van der Waals surface area contributed by atoms with Crippen molar-refractivity contribution in [1.29, 1.82) is 0 Å². The van der Waals surface area contributed by atoms with Gasteiger partial charge < -0.3 is 14.8 Å². The quantitative estimate of drug-likeness (QED) is 0.577. The predicted octanol–water partition coefficient (Wildman–Crippen LogP) is 2.47. The zero-order valence-electron chi connectivity index (χ0n) is 11.4. The number of carbonyl (C=O) groups is 1. The van der Waals surface area contributed by atoms with E-state index in [1.54, 1.807) is 43.1 Å². The van der Waals surface area contributed by atoms with Crippen LogP contribution >= 0.6 is 0 Å². The van der Waals surface area contributed by atoms with Gasteiger partial charge in [0, 0.05) is 11.8 Å². The van der Waals surface area contributed by atoms with Gasteiger partial charge in [0.05, 0.1) is 30.1 Å². The van der Waals surface area contributed by atoms with Crippen LogP contribution in [-0.2, 0) is 6.61 Å². The second kappa shape index (κ2) is 6.00. The molecule has 0 fully saturated rings. The number of benzene rings is 1. The summed E-state index contributed by atoms with van der Waals surface area (Å²) in [6.45, 7) is 0.253. The van der Waals surface area contributed by atoms with Gasteiger partial charge in [-0.15, -0.1) is 0 Å². The summed E-state index contributed by atoms with van der Waals surface area (Å²) in [7, 11) is 0. The normalized spacial score (nSPS) is 10.4. The number of hydrogen-bond donors (Lipinski definition) is 4. The highest BCUT2D eigenvalue weighted by Crippen LogP contribution is 2.31. The molecule has 0 unspecified atom stereocenters. The number of H-pyrrole nitrogens is 2. The Balaban J connectivity index is 1.88. The van der Waals surface area contributed by atoms with Crippen molar-refractivity contribution >= 4 is 11.8 Å². The minimum atomic E-state index is -1.15. The third kappa shape index (κ3) is 3.06. The van der Waals surface area contributed by atoms with Crippen LogP contribution in [0.1, 0.15) is 5.69 Å². The number of amides is 1. The fourth-order valence-electron chi connectivity index (χ4n) is 1.97. The molecule has 0 aliphatic rings. The Kier molecular flexibility index (Phi) is 3.73. The van der Waals surface area contributed by atoms with E-state index in [0.717, 1.165) is 16.8 Å². The monoisotopic (exact) mass is 299 g/mol. The highest BCUT2D eigenvalue weighted by molar-refractivity contribution is 5.86. The summed E-state index contributed by atoms with van der Waals surface area (Å²) in [4.78, 5) is 17.7. The van der Waals surface area contributed by atoms with Crippen molar-refractivity contribution in [1.82, 2.24) is 20.2 Å². The Morgan fingerprint density at radius 1 is 1.32 bits per heavy atom. The van der Waals surface area contributed by atoms with Crippen LogP contribution in [0.25, 0.3) is 11.1 Å². The van der Waals surface area contributed by atoms with Gasteiger partial charge in [-0.2, -0.15) is 5.10 Å². The molecule has 2 heterocycles. The first-order valence-electron chi connectivity index (χ1n) is 6.45. The topological polar surface area (TPSA) is 116 Å². The number of anilines is 1. The van der Waals surface area contributed by atoms with E-state index in [0.29, 0.717) is 11.4 Å². The SMILES string of the molecule is O=C(O)Nc1ccc(-c2cn[nH]c2)cc1OCc1cnc[nH]1. The molecule has 0 radical (unpaired) electrons. The minimum Gasteiger partial charge on any atom is -0.485 e. The van der Waals surface area contributed by atoms with E-state index < -0.39 is 6.09 Å². The summed E-state index contributed by atoms with van der Waals surface area (Å²) in [6, 6.07) is 5.20. The van der Waals surface area contributed by atoms with Crippen LogP contribution in [-0.4, -0.2) is 31.4 Å². The lowest BCUT2D eigenvalue weighted by molar-refractivity contribution is 0.209. The molecule has 0 saturated heterocycles. The molecule has 8 nitrogen and oxygen atoms in total. The van der Waals surface area contributed by atoms with Crippen molar-refractivity contribution in [2.45, 2.75) is 6.61 Å². The van der Waals surface area contributed by atoms with Crippen LogP contribution in [0.4, 0.5) is 10.5 Å². The first kappa shape index (κ1) is 13.7. The molecule has 0 aliphatic carbocycles. The van der Waals surface area contributed by atoms with E-state index >= 15 is 0 Å². The number of imidazole rings is 1. The number of nitrogens with zero attached hydrogens (tertiary/aromatic N) is 2. The van der Waals surface area contributed by atoms with Gasteiger partial charge in [-0.3, -0.25) is 10.4 Å². The standard InChI is InChI=1S/C14H13N5O3/c20-14(21)19-12-2-1-9(10-4-17-18-5-10)3-13(12)22-7-11-6-15-8-16-11/h1-6,8,19H,7H2,(H,15,16)(H,17,18)(H,20,21). The third-order valence-corrected chi connectivity index (χ3v) is 2.99. The second-order valence-corrected chi connectivity index (χ2v) is 4.49. The van der Waals surface area contributed by atoms with Gasteiger partial charge in [0.2, 0.25) is 0 Å². The van der Waals surface area contributed by atoms with Crippen molar-refractivity contribution in [2.24, 2.45) is 0 Å². The number of carboxylic acid groups (broad SMARTS) is 1. The van der Waals surface area contributed by atoms with Gasteiger partial charge in [0.1, 0.15) is 12.4 Å². The molecule has 0 atom stereocenters. The Morgan fingerprint density at radius 2 is 2.23 bits per heavy atom. The lowest BCUT2D eigenvalue weighted by Crippen LogP contribution is -2.09. The van der Waals surface area contributed by atoms with Crippen LogP contribution in [0.5, 0.6) is 5.75 Å². The van der Waals surface area contributed by atoms with Gasteiger partial charge in [-0.25, -0.2) is 9.78 Å². The van der Waals surface area contributed by atoms with Crippen LogP contribution in [0.3, 0.4) is 0 Å². The number of aromatic nitrogens is 4. The highest BCUT2D eigenvalue weighted by atomic mass is 16.5. The summed E-state index contributed by atoms with van der Waals surface area (Å²) in [6.07, 6.45) is 5.47. The Morgan fingerprint density at radius 3 is 2.91 bits per heavy atom. The summed E-state index contributed by atoms with van der Waals surface area (Å²) >= 11 is 0. The average molecular weight is 299 g/mol. The molecule has 3 rings (SSSR count). The molecular formula is C14H13N5O3. The number of hydrogen-bond acceptors (Lipinski definition) is 4. The van der Waals surface area contributed by atoms with Gasteiger partial charge in [0.15, 0.2) is 0 Å². The van der Waals surface area contributed by atoms with E-state index in [9.17, 15) is 4.79 Å². The van der Waals surface area contributed by atoms with Crippen molar-refractivity contribution < 1.29 is 14.6 Å². The van der Waals surface area contributed by atoms with Gasteiger partial charge in [0.25, 0.3) is 0 Å². The molecule has 8 heteroatoms. The largest absolute Gasteiger partial charge is 0.485 e. The van der Waals surface area contributed by atoms with E-state index in [-0.39, 0.29) is 6.61 Å². The lowest BCUT2D eigenvalue weighted by Gasteiger charge is -2.12. The molecular weight excluding hydrogens is 286 g/mol. The molecule has 22 heavy (non-hydrogen) atoms. The third-order valence-electron chi connectivity index (χ3n) is 2.99. The summed E-state index contributed by atoms with van der Waals surface area (Å²) < 4.78 is 5.69. The molecule has 0 bridgehead atoms. The molecule has 1 amide bonds. The molecule has 0 saturated carbocycles. The molecule has 2 aromatic heterocycles. The number of nitrogens with one attached hydrogen (secondary N) is 3. The Labute approximate surface area is 125 Å². The van der Waals surface area contributed by atoms with Crippen molar-refractivity contribution in [3.8, 4) is 16.9 Å². The summed E-state index contributed by atoms with van der Waals surface area (Å²) in [5.41, 5.74) is 2.91. The van der Waals surface area contributed by atoms with Crippen LogP contribution < -0.4 is 10.1 Å². The number of rotatable bonds is 5. The maximum atomic E-state index is 10.9. The Bertz CT molecular complexity index is 753. The summed E-state index contributed by atoms with van der Waals surface area (Å²) in [5, 5.41) is 17.8. The minimum absolute atomic E-state index is 0.253. The van der Waals surface area contributed by atoms with E-state index in [4.69, 9.17) is 9.84 Å². The number of aromatic amines is 2. The zero-order chi connectivity index (χ0) is 15.4. The van der Waals surface area contributed by atoms with Crippen LogP contribution in [0.15, 0.2) is 43.1 Å². The molecule has 1 aromatic carbocycles. The fourth-order valence-corrected chi connectivity index (χ4v) is 1.97. The maximum Gasteiger partial charge on any atom is 0.409 e. The average Bonchev–Trinajstić information content (AvgIpc) is 3.19. The summed E-state index contributed by atoms with van der Waals surface area (Å²) in [5.74, 6) is 0.427. The lowest BCUT2D eigenvalue weighted by atomic mass is 10.1. The Hall–Kier alpha value is -3.29.